The molecular weight excluding hydrogens is 272 g/mol. The maximum Gasteiger partial charge on any atom is 0.195 e. The van der Waals surface area contributed by atoms with E-state index in [-0.39, 0.29) is 5.43 Å². The fraction of sp³-hybridized carbons (Fsp3) is 0.250. The number of hydrogen-bond acceptors (Lipinski definition) is 3. The molecule has 0 radical (unpaired) electrons. The lowest BCUT2D eigenvalue weighted by molar-refractivity contribution is 0.404. The highest BCUT2D eigenvalue weighted by Gasteiger charge is 2.13. The van der Waals surface area contributed by atoms with E-state index in [1.54, 1.807) is 33.1 Å². The van der Waals surface area contributed by atoms with Gasteiger partial charge >= 0.3 is 0 Å². The lowest BCUT2D eigenvalue weighted by atomic mass is 10.1. The third-order valence-electron chi connectivity index (χ3n) is 2.64. The molecule has 84 valence electrons. The first-order valence-electron chi connectivity index (χ1n) is 4.82. The third-order valence-corrected chi connectivity index (χ3v) is 3.26. The minimum atomic E-state index is -0.00968. The Hall–Kier alpha value is -1.29. The van der Waals surface area contributed by atoms with Crippen molar-refractivity contribution in [1.29, 1.82) is 0 Å². The Labute approximate surface area is 101 Å². The molecule has 0 spiro atoms. The van der Waals surface area contributed by atoms with E-state index in [0.717, 1.165) is 4.47 Å². The van der Waals surface area contributed by atoms with Crippen molar-refractivity contribution in [2.45, 2.75) is 13.8 Å². The van der Waals surface area contributed by atoms with Crippen LogP contribution in [0.2, 0.25) is 0 Å². The molecule has 4 heteroatoms. The molecule has 2 rings (SSSR count). The highest BCUT2D eigenvalue weighted by atomic mass is 79.9. The molecule has 0 saturated carbocycles. The van der Waals surface area contributed by atoms with Gasteiger partial charge < -0.3 is 9.15 Å². The smallest absolute Gasteiger partial charge is 0.195 e. The van der Waals surface area contributed by atoms with Gasteiger partial charge in [-0.25, -0.2) is 0 Å². The number of benzene rings is 1. The first-order chi connectivity index (χ1) is 7.56. The lowest BCUT2D eigenvalue weighted by Gasteiger charge is -2.08. The molecule has 0 aliphatic carbocycles. The molecule has 0 aliphatic heterocycles. The number of halogens is 1. The van der Waals surface area contributed by atoms with Crippen molar-refractivity contribution < 1.29 is 9.15 Å². The van der Waals surface area contributed by atoms with Crippen molar-refractivity contribution in [3.8, 4) is 5.75 Å². The van der Waals surface area contributed by atoms with Gasteiger partial charge in [-0.05, 0) is 41.9 Å². The van der Waals surface area contributed by atoms with Crippen LogP contribution in [0, 0.1) is 13.8 Å². The van der Waals surface area contributed by atoms with Gasteiger partial charge in [0, 0.05) is 5.56 Å². The largest absolute Gasteiger partial charge is 0.492 e. The van der Waals surface area contributed by atoms with Gasteiger partial charge in [-0.1, -0.05) is 0 Å². The standard InChI is InChI=1S/C12H11BrO3/c1-6-7(2)16-11-8(10(6)14)4-5-9(13)12(11)15-3/h4-5H,1-3H3. The average Bonchev–Trinajstić information content (AvgIpc) is 2.26. The normalized spacial score (nSPS) is 10.8. The van der Waals surface area contributed by atoms with Crippen molar-refractivity contribution in [2.75, 3.05) is 7.11 Å². The highest BCUT2D eigenvalue weighted by molar-refractivity contribution is 9.10. The summed E-state index contributed by atoms with van der Waals surface area (Å²) in [6.45, 7) is 3.53. The SMILES string of the molecule is COc1c(Br)ccc2c(=O)c(C)c(C)oc12. The van der Waals surface area contributed by atoms with Gasteiger partial charge in [0.05, 0.1) is 17.0 Å². The van der Waals surface area contributed by atoms with E-state index in [2.05, 4.69) is 15.9 Å². The summed E-state index contributed by atoms with van der Waals surface area (Å²) in [7, 11) is 1.55. The van der Waals surface area contributed by atoms with Gasteiger partial charge in [0.15, 0.2) is 16.8 Å². The number of rotatable bonds is 1. The molecule has 16 heavy (non-hydrogen) atoms. The van der Waals surface area contributed by atoms with E-state index in [4.69, 9.17) is 9.15 Å². The minimum Gasteiger partial charge on any atom is -0.492 e. The second-order valence-electron chi connectivity index (χ2n) is 3.57. The van der Waals surface area contributed by atoms with E-state index in [1.807, 2.05) is 0 Å². The Morgan fingerprint density at radius 3 is 2.62 bits per heavy atom. The molecule has 0 amide bonds. The first-order valence-corrected chi connectivity index (χ1v) is 5.62. The summed E-state index contributed by atoms with van der Waals surface area (Å²) in [5, 5.41) is 0.545. The number of aryl methyl sites for hydroxylation is 1. The third kappa shape index (κ3) is 1.53. The summed E-state index contributed by atoms with van der Waals surface area (Å²) >= 11 is 3.36. The second kappa shape index (κ2) is 3.94. The van der Waals surface area contributed by atoms with Crippen LogP contribution < -0.4 is 10.2 Å². The zero-order valence-electron chi connectivity index (χ0n) is 9.26. The predicted octanol–water partition coefficient (Wildman–Crippen LogP) is 3.18. The van der Waals surface area contributed by atoms with Crippen molar-refractivity contribution in [3.05, 3.63) is 38.2 Å². The van der Waals surface area contributed by atoms with Crippen LogP contribution >= 0.6 is 15.9 Å². The lowest BCUT2D eigenvalue weighted by Crippen LogP contribution is -2.07. The zero-order chi connectivity index (χ0) is 11.9. The Balaban J connectivity index is 3.01. The van der Waals surface area contributed by atoms with Gasteiger partial charge in [-0.3, -0.25) is 4.79 Å². The summed E-state index contributed by atoms with van der Waals surface area (Å²) in [4.78, 5) is 12.0. The van der Waals surface area contributed by atoms with Gasteiger partial charge in [-0.2, -0.15) is 0 Å². The molecule has 2 aromatic rings. The van der Waals surface area contributed by atoms with Crippen LogP contribution in [0.5, 0.6) is 5.75 Å². The molecule has 1 aromatic heterocycles. The molecular formula is C12H11BrO3. The summed E-state index contributed by atoms with van der Waals surface area (Å²) < 4.78 is 11.6. The number of hydrogen-bond donors (Lipinski definition) is 0. The number of ether oxygens (including phenoxy) is 1. The maximum atomic E-state index is 12.0. The molecule has 0 fully saturated rings. The van der Waals surface area contributed by atoms with E-state index >= 15 is 0 Å². The van der Waals surface area contributed by atoms with Crippen LogP contribution in [0.15, 0.2) is 25.8 Å². The fourth-order valence-corrected chi connectivity index (χ4v) is 2.07. The van der Waals surface area contributed by atoms with E-state index in [1.165, 1.54) is 0 Å². The van der Waals surface area contributed by atoms with Gasteiger partial charge in [-0.15, -0.1) is 0 Å². The Bertz CT molecular complexity index is 614. The number of methoxy groups -OCH3 is 1. The molecule has 0 aliphatic rings. The zero-order valence-corrected chi connectivity index (χ0v) is 10.8. The van der Waals surface area contributed by atoms with Crippen molar-refractivity contribution in [3.63, 3.8) is 0 Å². The summed E-state index contributed by atoms with van der Waals surface area (Å²) in [6.07, 6.45) is 0. The summed E-state index contributed by atoms with van der Waals surface area (Å²) in [6, 6.07) is 3.52. The van der Waals surface area contributed by atoms with Crippen molar-refractivity contribution in [2.24, 2.45) is 0 Å². The molecule has 1 heterocycles. The molecule has 0 bridgehead atoms. The Morgan fingerprint density at radius 1 is 1.31 bits per heavy atom. The van der Waals surface area contributed by atoms with E-state index < -0.39 is 0 Å². The molecule has 0 atom stereocenters. The van der Waals surface area contributed by atoms with E-state index in [0.29, 0.717) is 28.0 Å². The van der Waals surface area contributed by atoms with Gasteiger partial charge in [0.2, 0.25) is 0 Å². The fourth-order valence-electron chi connectivity index (χ4n) is 1.60. The molecule has 0 unspecified atom stereocenters. The number of fused-ring (bicyclic) bond motifs is 1. The molecule has 1 aromatic carbocycles. The Kier molecular flexibility index (Phi) is 2.76. The van der Waals surface area contributed by atoms with Crippen LogP contribution in [0.3, 0.4) is 0 Å². The van der Waals surface area contributed by atoms with E-state index in [9.17, 15) is 4.79 Å². The van der Waals surface area contributed by atoms with Crippen LogP contribution in [0.25, 0.3) is 11.0 Å². The van der Waals surface area contributed by atoms with Gasteiger partial charge in [0.1, 0.15) is 5.76 Å². The van der Waals surface area contributed by atoms with Gasteiger partial charge in [0.25, 0.3) is 0 Å². The van der Waals surface area contributed by atoms with Crippen LogP contribution in [0.1, 0.15) is 11.3 Å². The summed E-state index contributed by atoms with van der Waals surface area (Å²) in [5.41, 5.74) is 1.12. The van der Waals surface area contributed by atoms with Crippen molar-refractivity contribution >= 4 is 26.9 Å². The van der Waals surface area contributed by atoms with Crippen LogP contribution in [0.4, 0.5) is 0 Å². The van der Waals surface area contributed by atoms with Crippen LogP contribution in [-0.2, 0) is 0 Å². The highest BCUT2D eigenvalue weighted by Crippen LogP contribution is 2.33. The van der Waals surface area contributed by atoms with Crippen LogP contribution in [-0.4, -0.2) is 7.11 Å². The first kappa shape index (κ1) is 11.2. The molecule has 3 nitrogen and oxygen atoms in total. The maximum absolute atomic E-state index is 12.0. The average molecular weight is 283 g/mol. The van der Waals surface area contributed by atoms with Crippen molar-refractivity contribution in [1.82, 2.24) is 0 Å². The molecule has 0 N–H and O–H groups in total. The monoisotopic (exact) mass is 282 g/mol. The summed E-state index contributed by atoms with van der Waals surface area (Å²) in [5.74, 6) is 1.17. The molecule has 0 saturated heterocycles. The quantitative estimate of drug-likeness (QED) is 0.807. The predicted molar refractivity (Wildman–Crippen MR) is 66.2 cm³/mol. The topological polar surface area (TPSA) is 39.4 Å². The second-order valence-corrected chi connectivity index (χ2v) is 4.42. The Morgan fingerprint density at radius 2 is 2.00 bits per heavy atom. The minimum absolute atomic E-state index is 0.00968.